The van der Waals surface area contributed by atoms with Gasteiger partial charge in [0, 0.05) is 32.3 Å². The number of esters is 1. The number of carbonyl (C=O) groups excluding carboxylic acids is 3. The summed E-state index contributed by atoms with van der Waals surface area (Å²) >= 11 is 0. The molecule has 0 saturated carbocycles. The van der Waals surface area contributed by atoms with Crippen LogP contribution in [0.15, 0.2) is 29.4 Å². The van der Waals surface area contributed by atoms with Gasteiger partial charge < -0.3 is 25.0 Å². The first-order valence-electron chi connectivity index (χ1n) is 14.3. The summed E-state index contributed by atoms with van der Waals surface area (Å²) in [5.41, 5.74) is 3.20. The normalized spacial score (nSPS) is 16.8. The fourth-order valence-electron chi connectivity index (χ4n) is 4.59. The zero-order chi connectivity index (χ0) is 28.3. The Hall–Kier alpha value is -3.14. The maximum atomic E-state index is 12.4. The van der Waals surface area contributed by atoms with Crippen LogP contribution in [0.2, 0.25) is 0 Å². The second-order valence-corrected chi connectivity index (χ2v) is 10.0. The molecule has 2 rings (SSSR count). The number of nitrogens with one attached hydrogen (secondary N) is 3. The molecule has 0 spiro atoms. The molecule has 0 aromatic heterocycles. The van der Waals surface area contributed by atoms with Gasteiger partial charge in [0.15, 0.2) is 0 Å². The lowest BCUT2D eigenvalue weighted by Gasteiger charge is -2.18. The molecule has 0 unspecified atom stereocenters. The molecule has 39 heavy (non-hydrogen) atoms. The number of unbranched alkanes of at least 4 members (excludes halogenated alkanes) is 10. The van der Waals surface area contributed by atoms with Crippen molar-refractivity contribution in [2.24, 2.45) is 5.10 Å². The minimum Gasteiger partial charge on any atom is -0.465 e. The third-order valence-electron chi connectivity index (χ3n) is 6.93. The van der Waals surface area contributed by atoms with Crippen molar-refractivity contribution in [3.63, 3.8) is 0 Å². The summed E-state index contributed by atoms with van der Waals surface area (Å²) in [7, 11) is 2.92. The van der Waals surface area contributed by atoms with E-state index in [1.807, 2.05) is 4.90 Å². The van der Waals surface area contributed by atoms with E-state index in [1.165, 1.54) is 95.5 Å². The third-order valence-corrected chi connectivity index (χ3v) is 6.93. The van der Waals surface area contributed by atoms with E-state index in [0.717, 1.165) is 12.8 Å². The van der Waals surface area contributed by atoms with Crippen molar-refractivity contribution in [2.75, 3.05) is 33.9 Å². The first-order chi connectivity index (χ1) is 19.0. The Kier molecular flexibility index (Phi) is 15.6. The Morgan fingerprint density at radius 1 is 0.897 bits per heavy atom. The molecule has 10 nitrogen and oxygen atoms in total. The third kappa shape index (κ3) is 12.5. The standard InChI is InChI=1S/C29H47N5O5/c1-4-5-6-7-8-9-10-11-12-13-14-19-30-29(37)32-25-20-34(21-26(25)38-2)22-31-33-27(35)23-15-17-24(18-16-23)28(36)39-3/h15-18,22,25-26H,4-14,19-21H2,1-3H3,(H,33,35)(H2,30,32,37)/b31-22+/t25-,26-/m0/s1. The molecule has 0 aliphatic carbocycles. The quantitative estimate of drug-likeness (QED) is 0.0824. The molecule has 3 amide bonds. The number of urea groups is 1. The predicted molar refractivity (Wildman–Crippen MR) is 153 cm³/mol. The summed E-state index contributed by atoms with van der Waals surface area (Å²) in [6.07, 6.45) is 15.4. The van der Waals surface area contributed by atoms with Crippen LogP contribution in [0.5, 0.6) is 0 Å². The number of hydrogen-bond acceptors (Lipinski definition) is 6. The van der Waals surface area contributed by atoms with E-state index in [9.17, 15) is 14.4 Å². The van der Waals surface area contributed by atoms with Crippen molar-refractivity contribution in [2.45, 2.75) is 89.7 Å². The number of hydrogen-bond donors (Lipinski definition) is 3. The van der Waals surface area contributed by atoms with Gasteiger partial charge in [0.25, 0.3) is 5.91 Å². The van der Waals surface area contributed by atoms with Crippen molar-refractivity contribution < 1.29 is 23.9 Å². The first-order valence-corrected chi connectivity index (χ1v) is 14.3. The zero-order valence-corrected chi connectivity index (χ0v) is 23.9. The van der Waals surface area contributed by atoms with Gasteiger partial charge in [-0.25, -0.2) is 15.0 Å². The lowest BCUT2D eigenvalue weighted by Crippen LogP contribution is -2.48. The molecule has 3 N–H and O–H groups in total. The molecule has 1 saturated heterocycles. The van der Waals surface area contributed by atoms with Crippen LogP contribution in [-0.2, 0) is 9.47 Å². The smallest absolute Gasteiger partial charge is 0.337 e. The number of methoxy groups -OCH3 is 2. The lowest BCUT2D eigenvalue weighted by atomic mass is 10.1. The molecule has 0 bridgehead atoms. The van der Waals surface area contributed by atoms with E-state index in [4.69, 9.17) is 4.74 Å². The van der Waals surface area contributed by atoms with E-state index in [-0.39, 0.29) is 18.2 Å². The molecule has 1 heterocycles. The SMILES string of the molecule is CCCCCCCCCCCCCNC(=O)N[C@H]1CN(/C=N/NC(=O)c2ccc(C(=O)OC)cc2)C[C@@H]1OC. The molecule has 1 fully saturated rings. The van der Waals surface area contributed by atoms with Gasteiger partial charge in [-0.3, -0.25) is 4.79 Å². The fraction of sp³-hybridized carbons (Fsp3) is 0.655. The molecule has 1 aliphatic heterocycles. The number of benzene rings is 1. The summed E-state index contributed by atoms with van der Waals surface area (Å²) in [6.45, 7) is 3.95. The summed E-state index contributed by atoms with van der Waals surface area (Å²) in [5.74, 6) is -0.866. The van der Waals surface area contributed by atoms with Gasteiger partial charge in [-0.2, -0.15) is 5.10 Å². The highest BCUT2D eigenvalue weighted by Gasteiger charge is 2.32. The van der Waals surface area contributed by atoms with Gasteiger partial charge in [0.2, 0.25) is 0 Å². The van der Waals surface area contributed by atoms with Crippen molar-refractivity contribution in [3.05, 3.63) is 35.4 Å². The molecule has 2 atom stereocenters. The number of hydrazone groups is 1. The topological polar surface area (TPSA) is 121 Å². The van der Waals surface area contributed by atoms with Crippen molar-refractivity contribution in [3.8, 4) is 0 Å². The van der Waals surface area contributed by atoms with Gasteiger partial charge in [-0.15, -0.1) is 0 Å². The number of carbonyl (C=O) groups is 3. The number of rotatable bonds is 18. The summed E-state index contributed by atoms with van der Waals surface area (Å²) in [4.78, 5) is 38.1. The van der Waals surface area contributed by atoms with Gasteiger partial charge in [-0.1, -0.05) is 71.1 Å². The van der Waals surface area contributed by atoms with Crippen LogP contribution in [-0.4, -0.2) is 75.1 Å². The Labute approximate surface area is 233 Å². The maximum Gasteiger partial charge on any atom is 0.337 e. The predicted octanol–water partition coefficient (Wildman–Crippen LogP) is 4.46. The van der Waals surface area contributed by atoms with E-state index in [1.54, 1.807) is 7.11 Å². The average molecular weight is 546 g/mol. The van der Waals surface area contributed by atoms with Crippen LogP contribution < -0.4 is 16.1 Å². The molecule has 218 valence electrons. The first kappa shape index (κ1) is 32.1. The van der Waals surface area contributed by atoms with E-state index in [0.29, 0.717) is 30.8 Å². The maximum absolute atomic E-state index is 12.4. The molecule has 1 aromatic carbocycles. The molecule has 0 radical (unpaired) electrons. The van der Waals surface area contributed by atoms with Crippen LogP contribution in [0.25, 0.3) is 0 Å². The summed E-state index contributed by atoms with van der Waals surface area (Å²) in [6, 6.07) is 5.71. The second-order valence-electron chi connectivity index (χ2n) is 10.0. The van der Waals surface area contributed by atoms with Gasteiger partial charge >= 0.3 is 12.0 Å². The molecular weight excluding hydrogens is 498 g/mol. The Balaban J connectivity index is 1.60. The highest BCUT2D eigenvalue weighted by Crippen LogP contribution is 2.13. The van der Waals surface area contributed by atoms with Gasteiger partial charge in [0.05, 0.1) is 24.8 Å². The molecule has 1 aliphatic rings. The fourth-order valence-corrected chi connectivity index (χ4v) is 4.59. The monoisotopic (exact) mass is 545 g/mol. The Morgan fingerprint density at radius 3 is 2.08 bits per heavy atom. The number of amides is 3. The van der Waals surface area contributed by atoms with Gasteiger partial charge in [-0.05, 0) is 30.7 Å². The van der Waals surface area contributed by atoms with Crippen LogP contribution in [0.4, 0.5) is 4.79 Å². The molecule has 10 heteroatoms. The lowest BCUT2D eigenvalue weighted by molar-refractivity contribution is 0.0600. The van der Waals surface area contributed by atoms with Crippen molar-refractivity contribution >= 4 is 24.2 Å². The van der Waals surface area contributed by atoms with Crippen LogP contribution in [0, 0.1) is 0 Å². The van der Waals surface area contributed by atoms with Crippen molar-refractivity contribution in [1.29, 1.82) is 0 Å². The molecular formula is C29H47N5O5. The van der Waals surface area contributed by atoms with E-state index >= 15 is 0 Å². The average Bonchev–Trinajstić information content (AvgIpc) is 3.34. The second kappa shape index (κ2) is 19.0. The van der Waals surface area contributed by atoms with Crippen LogP contribution in [0.3, 0.4) is 0 Å². The summed E-state index contributed by atoms with van der Waals surface area (Å²) < 4.78 is 10.2. The highest BCUT2D eigenvalue weighted by atomic mass is 16.5. The number of likely N-dealkylation sites (tertiary alicyclic amines) is 1. The number of nitrogens with zero attached hydrogens (tertiary/aromatic N) is 2. The van der Waals surface area contributed by atoms with Crippen molar-refractivity contribution in [1.82, 2.24) is 21.0 Å². The number of ether oxygens (including phenoxy) is 2. The Morgan fingerprint density at radius 2 is 1.49 bits per heavy atom. The van der Waals surface area contributed by atoms with E-state index < -0.39 is 11.9 Å². The minimum atomic E-state index is -0.465. The molecule has 1 aromatic rings. The van der Waals surface area contributed by atoms with E-state index in [2.05, 4.69) is 32.8 Å². The zero-order valence-electron chi connectivity index (χ0n) is 23.9. The summed E-state index contributed by atoms with van der Waals surface area (Å²) in [5, 5.41) is 9.96. The van der Waals surface area contributed by atoms with Crippen LogP contribution in [0.1, 0.15) is 98.3 Å². The largest absolute Gasteiger partial charge is 0.465 e. The minimum absolute atomic E-state index is 0.189. The Bertz CT molecular complexity index is 893. The highest BCUT2D eigenvalue weighted by molar-refractivity contribution is 5.96. The van der Waals surface area contributed by atoms with Crippen LogP contribution >= 0.6 is 0 Å². The van der Waals surface area contributed by atoms with Gasteiger partial charge in [0.1, 0.15) is 6.34 Å².